The number of aliphatic carboxylic acids is 1. The third-order valence-electron chi connectivity index (χ3n) is 7.69. The highest BCUT2D eigenvalue weighted by atomic mass is 32.2. The molecule has 1 saturated heterocycles. The van der Waals surface area contributed by atoms with Gasteiger partial charge in [-0.2, -0.15) is 0 Å². The lowest BCUT2D eigenvalue weighted by Gasteiger charge is -2.23. The molecule has 40 heavy (non-hydrogen) atoms. The van der Waals surface area contributed by atoms with Gasteiger partial charge in [-0.05, 0) is 86.1 Å². The number of benzene rings is 2. The molecule has 0 spiro atoms. The van der Waals surface area contributed by atoms with E-state index in [2.05, 4.69) is 11.6 Å². The molecule has 1 saturated carbocycles. The Morgan fingerprint density at radius 1 is 1.15 bits per heavy atom. The lowest BCUT2D eigenvalue weighted by molar-refractivity contribution is -0.138. The maximum absolute atomic E-state index is 14.9. The van der Waals surface area contributed by atoms with Crippen molar-refractivity contribution in [1.82, 2.24) is 4.98 Å². The lowest BCUT2D eigenvalue weighted by Crippen LogP contribution is -2.30. The SMILES string of the molecule is C=Cc1cc(OC(C)c2cc(-c3ccc(OC4CCS(=O)(=O)CC4)nc3C)ccc2F)ccc1C1CC1C(=O)O. The average Bonchev–Trinajstić information content (AvgIpc) is 3.72. The molecule has 0 bridgehead atoms. The van der Waals surface area contributed by atoms with E-state index in [-0.39, 0.29) is 29.4 Å². The molecule has 0 radical (unpaired) electrons. The zero-order valence-corrected chi connectivity index (χ0v) is 23.3. The summed E-state index contributed by atoms with van der Waals surface area (Å²) in [4.78, 5) is 15.9. The number of sulfone groups is 1. The molecule has 2 heterocycles. The van der Waals surface area contributed by atoms with E-state index >= 15 is 0 Å². The smallest absolute Gasteiger partial charge is 0.307 e. The van der Waals surface area contributed by atoms with Gasteiger partial charge >= 0.3 is 5.97 Å². The van der Waals surface area contributed by atoms with Crippen molar-refractivity contribution in [2.75, 3.05) is 11.5 Å². The van der Waals surface area contributed by atoms with Crippen LogP contribution in [0.5, 0.6) is 11.6 Å². The summed E-state index contributed by atoms with van der Waals surface area (Å²) < 4.78 is 50.3. The molecule has 1 aliphatic heterocycles. The molecule has 3 aromatic rings. The van der Waals surface area contributed by atoms with Crippen molar-refractivity contribution in [2.24, 2.45) is 5.92 Å². The fourth-order valence-corrected chi connectivity index (χ4v) is 6.76. The quantitative estimate of drug-likeness (QED) is 0.333. The Morgan fingerprint density at radius 3 is 2.55 bits per heavy atom. The minimum absolute atomic E-state index is 0.0291. The van der Waals surface area contributed by atoms with Crippen LogP contribution in [-0.4, -0.2) is 42.1 Å². The molecule has 1 N–H and O–H groups in total. The van der Waals surface area contributed by atoms with Gasteiger partial charge in [0.2, 0.25) is 5.88 Å². The van der Waals surface area contributed by atoms with Crippen LogP contribution in [0.3, 0.4) is 0 Å². The second-order valence-electron chi connectivity index (χ2n) is 10.5. The number of rotatable bonds is 9. The Kier molecular flexibility index (Phi) is 7.68. The number of ether oxygens (including phenoxy) is 2. The molecule has 5 rings (SSSR count). The molecular weight excluding hydrogens is 533 g/mol. The van der Waals surface area contributed by atoms with Crippen molar-refractivity contribution >= 4 is 21.9 Å². The molecule has 2 aliphatic rings. The number of aryl methyl sites for hydroxylation is 1. The molecule has 3 unspecified atom stereocenters. The van der Waals surface area contributed by atoms with Crippen molar-refractivity contribution < 1.29 is 32.2 Å². The van der Waals surface area contributed by atoms with Crippen LogP contribution in [0.15, 0.2) is 55.1 Å². The predicted octanol–water partition coefficient (Wildman–Crippen LogP) is 6.12. The first-order valence-corrected chi connectivity index (χ1v) is 15.2. The van der Waals surface area contributed by atoms with Gasteiger partial charge in [-0.3, -0.25) is 4.79 Å². The fraction of sp³-hybridized carbons (Fsp3) is 0.355. The van der Waals surface area contributed by atoms with Crippen LogP contribution >= 0.6 is 0 Å². The van der Waals surface area contributed by atoms with E-state index in [0.29, 0.717) is 42.1 Å². The molecule has 0 amide bonds. The minimum Gasteiger partial charge on any atom is -0.486 e. The highest BCUT2D eigenvalue weighted by molar-refractivity contribution is 7.91. The van der Waals surface area contributed by atoms with Crippen molar-refractivity contribution in [3.8, 4) is 22.8 Å². The molecule has 2 aromatic carbocycles. The number of carboxylic acids is 1. The van der Waals surface area contributed by atoms with Gasteiger partial charge in [0.1, 0.15) is 23.8 Å². The monoisotopic (exact) mass is 565 g/mol. The number of aromatic nitrogens is 1. The molecule has 2 fully saturated rings. The standard InChI is InChI=1S/C31H32FNO6S/c1-4-20-15-23(6-7-25(20)27-17-28(27)31(34)35)38-19(3)26-16-21(5-9-29(26)32)24-8-10-30(33-18(24)2)39-22-11-13-40(36,37)14-12-22/h4-10,15-16,19,22,27-28H,1,11-14,17H2,2-3H3,(H,34,35). The second-order valence-corrected chi connectivity index (χ2v) is 12.8. The van der Waals surface area contributed by atoms with Gasteiger partial charge in [0, 0.05) is 22.9 Å². The summed E-state index contributed by atoms with van der Waals surface area (Å²) in [6.45, 7) is 7.49. The summed E-state index contributed by atoms with van der Waals surface area (Å²) in [5, 5.41) is 9.28. The van der Waals surface area contributed by atoms with E-state index in [9.17, 15) is 22.7 Å². The Labute approximate surface area is 233 Å². The third kappa shape index (κ3) is 6.04. The lowest BCUT2D eigenvalue weighted by atomic mass is 9.99. The molecule has 1 aromatic heterocycles. The van der Waals surface area contributed by atoms with Crippen LogP contribution in [0.2, 0.25) is 0 Å². The third-order valence-corrected chi connectivity index (χ3v) is 9.41. The van der Waals surface area contributed by atoms with Gasteiger partial charge in [0.05, 0.1) is 17.4 Å². The van der Waals surface area contributed by atoms with Gasteiger partial charge in [-0.15, -0.1) is 0 Å². The zero-order chi connectivity index (χ0) is 28.6. The predicted molar refractivity (Wildman–Crippen MR) is 151 cm³/mol. The first-order chi connectivity index (χ1) is 19.0. The van der Waals surface area contributed by atoms with Crippen molar-refractivity contribution in [2.45, 2.75) is 51.2 Å². The van der Waals surface area contributed by atoms with Crippen LogP contribution in [0.4, 0.5) is 4.39 Å². The zero-order valence-electron chi connectivity index (χ0n) is 22.5. The van der Waals surface area contributed by atoms with Gasteiger partial charge in [0.25, 0.3) is 0 Å². The largest absolute Gasteiger partial charge is 0.486 e. The van der Waals surface area contributed by atoms with E-state index < -0.39 is 27.7 Å². The normalized spacial score (nSPS) is 20.9. The number of carbonyl (C=O) groups is 1. The number of hydrogen-bond acceptors (Lipinski definition) is 6. The Morgan fingerprint density at radius 2 is 1.90 bits per heavy atom. The molecule has 210 valence electrons. The Balaban J connectivity index is 1.31. The maximum atomic E-state index is 14.9. The number of carboxylic acid groups (broad SMARTS) is 1. The van der Waals surface area contributed by atoms with Crippen molar-refractivity contribution in [3.05, 3.63) is 83.3 Å². The van der Waals surface area contributed by atoms with Crippen LogP contribution in [0, 0.1) is 18.7 Å². The first-order valence-electron chi connectivity index (χ1n) is 13.3. The summed E-state index contributed by atoms with van der Waals surface area (Å²) in [5.74, 6) is -0.360. The van der Waals surface area contributed by atoms with Crippen molar-refractivity contribution in [1.29, 1.82) is 0 Å². The summed E-state index contributed by atoms with van der Waals surface area (Å²) in [5.41, 5.74) is 4.44. The maximum Gasteiger partial charge on any atom is 0.307 e. The average molecular weight is 566 g/mol. The minimum atomic E-state index is -2.97. The van der Waals surface area contributed by atoms with E-state index in [4.69, 9.17) is 9.47 Å². The Hall–Kier alpha value is -3.72. The van der Waals surface area contributed by atoms with E-state index in [1.165, 1.54) is 6.07 Å². The summed E-state index contributed by atoms with van der Waals surface area (Å²) in [7, 11) is -2.97. The number of nitrogens with zero attached hydrogens (tertiary/aromatic N) is 1. The highest BCUT2D eigenvalue weighted by Crippen LogP contribution is 2.49. The fourth-order valence-electron chi connectivity index (χ4n) is 5.31. The number of pyridine rings is 1. The second kappa shape index (κ2) is 11.0. The van der Waals surface area contributed by atoms with Crippen LogP contribution < -0.4 is 9.47 Å². The summed E-state index contributed by atoms with van der Waals surface area (Å²) >= 11 is 0. The van der Waals surface area contributed by atoms with Crippen LogP contribution in [0.25, 0.3) is 17.2 Å². The van der Waals surface area contributed by atoms with Gasteiger partial charge < -0.3 is 14.6 Å². The van der Waals surface area contributed by atoms with Crippen LogP contribution in [0.1, 0.15) is 60.6 Å². The summed E-state index contributed by atoms with van der Waals surface area (Å²) in [6.07, 6.45) is 2.40. The molecule has 3 atom stereocenters. The molecule has 9 heteroatoms. The first kappa shape index (κ1) is 27.8. The van der Waals surface area contributed by atoms with Crippen LogP contribution in [-0.2, 0) is 14.6 Å². The molecular formula is C31H32FNO6S. The van der Waals surface area contributed by atoms with E-state index in [0.717, 1.165) is 22.3 Å². The summed E-state index contributed by atoms with van der Waals surface area (Å²) in [6, 6.07) is 13.9. The van der Waals surface area contributed by atoms with Gasteiger partial charge in [0.15, 0.2) is 9.84 Å². The van der Waals surface area contributed by atoms with E-state index in [1.54, 1.807) is 37.3 Å². The molecule has 7 nitrogen and oxygen atoms in total. The molecule has 1 aliphatic carbocycles. The number of hydrogen-bond donors (Lipinski definition) is 1. The van der Waals surface area contributed by atoms with E-state index in [1.807, 2.05) is 25.1 Å². The van der Waals surface area contributed by atoms with Gasteiger partial charge in [-0.25, -0.2) is 17.8 Å². The topological polar surface area (TPSA) is 103 Å². The number of halogens is 1. The Bertz CT molecular complexity index is 1560. The van der Waals surface area contributed by atoms with Crippen molar-refractivity contribution in [3.63, 3.8) is 0 Å². The van der Waals surface area contributed by atoms with Gasteiger partial charge in [-0.1, -0.05) is 24.8 Å². The highest BCUT2D eigenvalue weighted by Gasteiger charge is 2.44.